The van der Waals surface area contributed by atoms with Crippen LogP contribution in [0.25, 0.3) is 5.69 Å². The molecule has 1 aromatic heterocycles. The molecule has 1 aliphatic heterocycles. The van der Waals surface area contributed by atoms with Gasteiger partial charge in [0, 0.05) is 13.1 Å². The Kier molecular flexibility index (Phi) is 4.64. The molecule has 0 saturated carbocycles. The monoisotopic (exact) mass is 327 g/mol. The SMILES string of the molecule is COc1cc(=O)n(-c2ccccc2)nc1C(=O)N1CCC[C@@H](C)C1. The van der Waals surface area contributed by atoms with Crippen molar-refractivity contribution in [3.05, 3.63) is 52.4 Å². The molecule has 0 unspecified atom stereocenters. The van der Waals surface area contributed by atoms with E-state index in [2.05, 4.69) is 12.0 Å². The first-order valence-corrected chi connectivity index (χ1v) is 8.13. The number of hydrogen-bond acceptors (Lipinski definition) is 4. The standard InChI is InChI=1S/C18H21N3O3/c1-13-7-6-10-20(12-13)18(23)17-15(24-2)11-16(22)21(19-17)14-8-4-3-5-9-14/h3-5,8-9,11,13H,6-7,10,12H2,1-2H3/t13-/m1/s1. The van der Waals surface area contributed by atoms with Gasteiger partial charge in [0.25, 0.3) is 11.5 Å². The van der Waals surface area contributed by atoms with Crippen LogP contribution in [0.1, 0.15) is 30.3 Å². The number of carbonyl (C=O) groups is 1. The van der Waals surface area contributed by atoms with Crippen LogP contribution in [0.4, 0.5) is 0 Å². The first kappa shape index (κ1) is 16.2. The summed E-state index contributed by atoms with van der Waals surface area (Å²) >= 11 is 0. The summed E-state index contributed by atoms with van der Waals surface area (Å²) < 4.78 is 6.47. The number of rotatable bonds is 3. The van der Waals surface area contributed by atoms with E-state index in [0.717, 1.165) is 12.8 Å². The van der Waals surface area contributed by atoms with Crippen LogP contribution < -0.4 is 10.3 Å². The number of para-hydroxylation sites is 1. The van der Waals surface area contributed by atoms with Crippen LogP contribution in [-0.2, 0) is 0 Å². The third-order valence-electron chi connectivity index (χ3n) is 4.26. The van der Waals surface area contributed by atoms with Crippen molar-refractivity contribution in [2.24, 2.45) is 5.92 Å². The molecule has 1 atom stereocenters. The van der Waals surface area contributed by atoms with Gasteiger partial charge in [-0.1, -0.05) is 25.1 Å². The molecule has 1 aromatic carbocycles. The molecule has 0 aliphatic carbocycles. The summed E-state index contributed by atoms with van der Waals surface area (Å²) in [5, 5.41) is 4.30. The van der Waals surface area contributed by atoms with Crippen LogP contribution >= 0.6 is 0 Å². The molecule has 0 N–H and O–H groups in total. The number of carbonyl (C=O) groups excluding carboxylic acids is 1. The molecule has 2 heterocycles. The summed E-state index contributed by atoms with van der Waals surface area (Å²) in [5.41, 5.74) is 0.461. The molecule has 2 aromatic rings. The fourth-order valence-corrected chi connectivity index (χ4v) is 3.02. The number of piperidine rings is 1. The fourth-order valence-electron chi connectivity index (χ4n) is 3.02. The van der Waals surface area contributed by atoms with Crippen LogP contribution in [-0.4, -0.2) is 40.8 Å². The van der Waals surface area contributed by atoms with E-state index in [0.29, 0.717) is 24.7 Å². The number of methoxy groups -OCH3 is 1. The fraction of sp³-hybridized carbons (Fsp3) is 0.389. The number of ether oxygens (including phenoxy) is 1. The van der Waals surface area contributed by atoms with Gasteiger partial charge in [-0.2, -0.15) is 9.78 Å². The molecule has 0 radical (unpaired) electrons. The van der Waals surface area contributed by atoms with Crippen LogP contribution in [0, 0.1) is 5.92 Å². The normalized spacial score (nSPS) is 17.6. The van der Waals surface area contributed by atoms with Crippen LogP contribution in [0.2, 0.25) is 0 Å². The zero-order valence-corrected chi connectivity index (χ0v) is 13.9. The second-order valence-electron chi connectivity index (χ2n) is 6.15. The minimum Gasteiger partial charge on any atom is -0.494 e. The summed E-state index contributed by atoms with van der Waals surface area (Å²) in [4.78, 5) is 27.0. The highest BCUT2D eigenvalue weighted by atomic mass is 16.5. The molecule has 0 spiro atoms. The summed E-state index contributed by atoms with van der Waals surface area (Å²) in [6.45, 7) is 3.54. The highest BCUT2D eigenvalue weighted by molar-refractivity contribution is 5.94. The predicted octanol–water partition coefficient (Wildman–Crippen LogP) is 2.11. The van der Waals surface area contributed by atoms with Crippen LogP contribution in [0.3, 0.4) is 0 Å². The number of likely N-dealkylation sites (tertiary alicyclic amines) is 1. The van der Waals surface area contributed by atoms with Gasteiger partial charge in [0.2, 0.25) is 0 Å². The molecule has 6 nitrogen and oxygen atoms in total. The molecule has 126 valence electrons. The van der Waals surface area contributed by atoms with Crippen molar-refractivity contribution < 1.29 is 9.53 Å². The lowest BCUT2D eigenvalue weighted by Crippen LogP contribution is -2.40. The Balaban J connectivity index is 2.03. The number of hydrogen-bond donors (Lipinski definition) is 0. The van der Waals surface area contributed by atoms with E-state index in [1.807, 2.05) is 18.2 Å². The third kappa shape index (κ3) is 3.18. The minimum absolute atomic E-state index is 0.176. The average Bonchev–Trinajstić information content (AvgIpc) is 2.61. The Bertz CT molecular complexity index is 786. The van der Waals surface area contributed by atoms with Gasteiger partial charge in [-0.25, -0.2) is 0 Å². The Labute approximate surface area is 140 Å². The van der Waals surface area contributed by atoms with Crippen LogP contribution in [0.15, 0.2) is 41.2 Å². The van der Waals surface area contributed by atoms with Crippen molar-refractivity contribution in [2.75, 3.05) is 20.2 Å². The average molecular weight is 327 g/mol. The van der Waals surface area contributed by atoms with Gasteiger partial charge in [0.05, 0.1) is 18.9 Å². The molecule has 24 heavy (non-hydrogen) atoms. The lowest BCUT2D eigenvalue weighted by Gasteiger charge is -2.30. The highest BCUT2D eigenvalue weighted by Crippen LogP contribution is 2.21. The summed E-state index contributed by atoms with van der Waals surface area (Å²) in [7, 11) is 1.44. The molecule has 1 saturated heterocycles. The second kappa shape index (κ2) is 6.86. The van der Waals surface area contributed by atoms with E-state index in [9.17, 15) is 9.59 Å². The van der Waals surface area contributed by atoms with Gasteiger partial charge in [-0.15, -0.1) is 0 Å². The van der Waals surface area contributed by atoms with Gasteiger partial charge in [-0.05, 0) is 30.9 Å². The molecule has 6 heteroatoms. The first-order valence-electron chi connectivity index (χ1n) is 8.13. The van der Waals surface area contributed by atoms with Crippen molar-refractivity contribution >= 4 is 5.91 Å². The van der Waals surface area contributed by atoms with E-state index in [1.165, 1.54) is 17.9 Å². The summed E-state index contributed by atoms with van der Waals surface area (Å²) in [5.74, 6) is 0.493. The van der Waals surface area contributed by atoms with E-state index in [4.69, 9.17) is 4.74 Å². The zero-order valence-electron chi connectivity index (χ0n) is 13.9. The maximum absolute atomic E-state index is 12.9. The number of amides is 1. The van der Waals surface area contributed by atoms with Crippen molar-refractivity contribution in [3.63, 3.8) is 0 Å². The van der Waals surface area contributed by atoms with E-state index < -0.39 is 0 Å². The van der Waals surface area contributed by atoms with E-state index >= 15 is 0 Å². The number of aromatic nitrogens is 2. The lowest BCUT2D eigenvalue weighted by molar-refractivity contribution is 0.0671. The molecule has 1 aliphatic rings. The van der Waals surface area contributed by atoms with Gasteiger partial charge >= 0.3 is 0 Å². The summed E-state index contributed by atoms with van der Waals surface area (Å²) in [6.07, 6.45) is 2.10. The summed E-state index contributed by atoms with van der Waals surface area (Å²) in [6, 6.07) is 10.4. The van der Waals surface area contributed by atoms with Crippen molar-refractivity contribution in [1.29, 1.82) is 0 Å². The largest absolute Gasteiger partial charge is 0.494 e. The van der Waals surface area contributed by atoms with Crippen molar-refractivity contribution in [2.45, 2.75) is 19.8 Å². The Morgan fingerprint density at radius 1 is 1.29 bits per heavy atom. The molecule has 0 bridgehead atoms. The lowest BCUT2D eigenvalue weighted by atomic mass is 10.00. The Hall–Kier alpha value is -2.63. The maximum Gasteiger partial charge on any atom is 0.278 e. The van der Waals surface area contributed by atoms with E-state index in [-0.39, 0.29) is 22.9 Å². The topological polar surface area (TPSA) is 64.4 Å². The van der Waals surface area contributed by atoms with Crippen molar-refractivity contribution in [3.8, 4) is 11.4 Å². The molecule has 1 fully saturated rings. The molecule has 1 amide bonds. The number of nitrogens with zero attached hydrogens (tertiary/aromatic N) is 3. The molecule has 3 rings (SSSR count). The number of benzene rings is 1. The minimum atomic E-state index is -0.332. The zero-order chi connectivity index (χ0) is 17.1. The van der Waals surface area contributed by atoms with Crippen molar-refractivity contribution in [1.82, 2.24) is 14.7 Å². The first-order chi connectivity index (χ1) is 11.6. The molecular formula is C18H21N3O3. The van der Waals surface area contributed by atoms with Gasteiger partial charge in [0.1, 0.15) is 0 Å². The van der Waals surface area contributed by atoms with Gasteiger partial charge < -0.3 is 9.64 Å². The Morgan fingerprint density at radius 2 is 2.04 bits per heavy atom. The predicted molar refractivity (Wildman–Crippen MR) is 90.7 cm³/mol. The van der Waals surface area contributed by atoms with Gasteiger partial charge in [-0.3, -0.25) is 9.59 Å². The molecular weight excluding hydrogens is 306 g/mol. The Morgan fingerprint density at radius 3 is 2.71 bits per heavy atom. The van der Waals surface area contributed by atoms with E-state index in [1.54, 1.807) is 17.0 Å². The van der Waals surface area contributed by atoms with Crippen LogP contribution in [0.5, 0.6) is 5.75 Å². The quantitative estimate of drug-likeness (QED) is 0.866. The van der Waals surface area contributed by atoms with Gasteiger partial charge in [0.15, 0.2) is 11.4 Å². The third-order valence-corrected chi connectivity index (χ3v) is 4.26. The maximum atomic E-state index is 12.9. The highest BCUT2D eigenvalue weighted by Gasteiger charge is 2.26. The second-order valence-corrected chi connectivity index (χ2v) is 6.15. The smallest absolute Gasteiger partial charge is 0.278 e.